The number of morpholine rings is 1. The summed E-state index contributed by atoms with van der Waals surface area (Å²) < 4.78 is 11.6. The van der Waals surface area contributed by atoms with E-state index in [-0.39, 0.29) is 0 Å². The standard InChI is InChI=1S/C23H41NO2/c1-5-7-22(18-20(4)19(3)6-2)21-8-10-23(11-9-21)26-17-14-24-12-15-25-16-13-24/h7,18-19,21,23H,5-6,8-17H2,1-4H3/b20-18-,22-7+. The topological polar surface area (TPSA) is 21.7 Å². The molecule has 1 aliphatic heterocycles. The van der Waals surface area contributed by atoms with Gasteiger partial charge in [-0.15, -0.1) is 0 Å². The summed E-state index contributed by atoms with van der Waals surface area (Å²) in [5.74, 6) is 1.42. The lowest BCUT2D eigenvalue weighted by atomic mass is 9.80. The van der Waals surface area contributed by atoms with Crippen molar-refractivity contribution in [2.75, 3.05) is 39.5 Å². The molecule has 0 amide bonds. The number of nitrogens with zero attached hydrogens (tertiary/aromatic N) is 1. The van der Waals surface area contributed by atoms with Crippen molar-refractivity contribution in [2.45, 2.75) is 72.3 Å². The van der Waals surface area contributed by atoms with Crippen molar-refractivity contribution in [1.29, 1.82) is 0 Å². The summed E-state index contributed by atoms with van der Waals surface area (Å²) in [6.45, 7) is 15.0. The summed E-state index contributed by atoms with van der Waals surface area (Å²) >= 11 is 0. The first kappa shape index (κ1) is 21.7. The monoisotopic (exact) mass is 363 g/mol. The van der Waals surface area contributed by atoms with Gasteiger partial charge in [0.2, 0.25) is 0 Å². The lowest BCUT2D eigenvalue weighted by Crippen LogP contribution is -2.39. The fourth-order valence-corrected chi connectivity index (χ4v) is 4.04. The van der Waals surface area contributed by atoms with Crippen molar-refractivity contribution in [3.63, 3.8) is 0 Å². The van der Waals surface area contributed by atoms with Crippen LogP contribution in [-0.4, -0.2) is 50.5 Å². The van der Waals surface area contributed by atoms with E-state index in [9.17, 15) is 0 Å². The highest BCUT2D eigenvalue weighted by Gasteiger charge is 2.24. The van der Waals surface area contributed by atoms with Crippen LogP contribution in [0.5, 0.6) is 0 Å². The normalized spacial score (nSPS) is 27.5. The Morgan fingerprint density at radius 3 is 2.46 bits per heavy atom. The zero-order valence-electron chi connectivity index (χ0n) is 17.6. The van der Waals surface area contributed by atoms with Gasteiger partial charge in [0.25, 0.3) is 0 Å². The summed E-state index contributed by atoms with van der Waals surface area (Å²) in [6, 6.07) is 0. The second-order valence-electron chi connectivity index (χ2n) is 8.11. The third-order valence-corrected chi connectivity index (χ3v) is 6.23. The van der Waals surface area contributed by atoms with Gasteiger partial charge in [0, 0.05) is 19.6 Å². The molecule has 0 aromatic carbocycles. The molecule has 150 valence electrons. The van der Waals surface area contributed by atoms with Crippen LogP contribution in [0.1, 0.15) is 66.2 Å². The second kappa shape index (κ2) is 11.9. The van der Waals surface area contributed by atoms with E-state index in [2.05, 4.69) is 44.7 Å². The predicted octanol–water partition coefficient (Wildman–Crippen LogP) is 5.22. The van der Waals surface area contributed by atoms with Crippen molar-refractivity contribution in [3.8, 4) is 0 Å². The molecule has 1 heterocycles. The number of rotatable bonds is 9. The lowest BCUT2D eigenvalue weighted by Gasteiger charge is -2.31. The Bertz CT molecular complexity index is 443. The van der Waals surface area contributed by atoms with Crippen LogP contribution in [0, 0.1) is 11.8 Å². The second-order valence-corrected chi connectivity index (χ2v) is 8.11. The van der Waals surface area contributed by atoms with Crippen molar-refractivity contribution < 1.29 is 9.47 Å². The van der Waals surface area contributed by atoms with Crippen LogP contribution in [0.2, 0.25) is 0 Å². The van der Waals surface area contributed by atoms with E-state index in [1.54, 1.807) is 5.57 Å². The smallest absolute Gasteiger partial charge is 0.0597 e. The van der Waals surface area contributed by atoms with Gasteiger partial charge in [0.1, 0.15) is 0 Å². The van der Waals surface area contributed by atoms with Gasteiger partial charge in [0.15, 0.2) is 0 Å². The number of hydrogen-bond acceptors (Lipinski definition) is 3. The molecule has 0 aromatic rings. The van der Waals surface area contributed by atoms with Crippen LogP contribution in [-0.2, 0) is 9.47 Å². The van der Waals surface area contributed by atoms with Gasteiger partial charge in [-0.1, -0.05) is 38.5 Å². The molecule has 2 rings (SSSR count). The maximum atomic E-state index is 6.19. The Balaban J connectivity index is 1.75. The van der Waals surface area contributed by atoms with E-state index in [1.807, 2.05) is 0 Å². The van der Waals surface area contributed by atoms with E-state index in [0.29, 0.717) is 12.0 Å². The summed E-state index contributed by atoms with van der Waals surface area (Å²) in [4.78, 5) is 2.46. The van der Waals surface area contributed by atoms with E-state index in [0.717, 1.165) is 51.8 Å². The fraction of sp³-hybridized carbons (Fsp3) is 0.826. The minimum Gasteiger partial charge on any atom is -0.379 e. The lowest BCUT2D eigenvalue weighted by molar-refractivity contribution is -0.0115. The molecule has 2 fully saturated rings. The van der Waals surface area contributed by atoms with Gasteiger partial charge in [-0.25, -0.2) is 0 Å². The van der Waals surface area contributed by atoms with Crippen LogP contribution in [0.25, 0.3) is 0 Å². The molecule has 0 aromatic heterocycles. The quantitative estimate of drug-likeness (QED) is 0.524. The van der Waals surface area contributed by atoms with Gasteiger partial charge in [-0.3, -0.25) is 4.90 Å². The average Bonchev–Trinajstić information content (AvgIpc) is 2.68. The van der Waals surface area contributed by atoms with Gasteiger partial charge >= 0.3 is 0 Å². The molecule has 1 saturated carbocycles. The molecule has 0 N–H and O–H groups in total. The van der Waals surface area contributed by atoms with Crippen molar-refractivity contribution in [3.05, 3.63) is 23.3 Å². The molecule has 3 nitrogen and oxygen atoms in total. The Labute approximate surface area is 161 Å². The maximum Gasteiger partial charge on any atom is 0.0597 e. The first-order valence-corrected chi connectivity index (χ1v) is 10.9. The summed E-state index contributed by atoms with van der Waals surface area (Å²) in [5.41, 5.74) is 3.12. The summed E-state index contributed by atoms with van der Waals surface area (Å²) in [5, 5.41) is 0. The molecular weight excluding hydrogens is 322 g/mol. The minimum absolute atomic E-state index is 0.467. The highest BCUT2D eigenvalue weighted by Crippen LogP contribution is 2.33. The van der Waals surface area contributed by atoms with Gasteiger partial charge in [-0.2, -0.15) is 0 Å². The van der Waals surface area contributed by atoms with Crippen LogP contribution >= 0.6 is 0 Å². The van der Waals surface area contributed by atoms with E-state index in [4.69, 9.17) is 9.47 Å². The maximum absolute atomic E-state index is 6.19. The summed E-state index contributed by atoms with van der Waals surface area (Å²) in [7, 11) is 0. The first-order chi connectivity index (χ1) is 12.6. The molecule has 0 radical (unpaired) electrons. The Kier molecular flexibility index (Phi) is 9.95. The number of allylic oxidation sites excluding steroid dienone is 4. The van der Waals surface area contributed by atoms with E-state index >= 15 is 0 Å². The molecule has 26 heavy (non-hydrogen) atoms. The Morgan fingerprint density at radius 2 is 1.85 bits per heavy atom. The van der Waals surface area contributed by atoms with Crippen LogP contribution in [0.4, 0.5) is 0 Å². The molecule has 1 aliphatic carbocycles. The number of hydrogen-bond donors (Lipinski definition) is 0. The molecule has 1 unspecified atom stereocenters. The Hall–Kier alpha value is -0.640. The van der Waals surface area contributed by atoms with Gasteiger partial charge in [0.05, 0.1) is 25.9 Å². The fourth-order valence-electron chi connectivity index (χ4n) is 4.04. The highest BCUT2D eigenvalue weighted by atomic mass is 16.5. The molecule has 0 spiro atoms. The SMILES string of the molecule is CC/C=C(\C=C(\C)C(C)CC)C1CCC(OCCN2CCOCC2)CC1. The zero-order valence-corrected chi connectivity index (χ0v) is 17.6. The first-order valence-electron chi connectivity index (χ1n) is 10.9. The third kappa shape index (κ3) is 7.17. The molecule has 3 heteroatoms. The third-order valence-electron chi connectivity index (χ3n) is 6.23. The van der Waals surface area contributed by atoms with Gasteiger partial charge < -0.3 is 9.47 Å². The summed E-state index contributed by atoms with van der Waals surface area (Å²) in [6.07, 6.45) is 12.8. The zero-order chi connectivity index (χ0) is 18.8. The Morgan fingerprint density at radius 1 is 1.15 bits per heavy atom. The highest BCUT2D eigenvalue weighted by molar-refractivity contribution is 5.26. The van der Waals surface area contributed by atoms with Gasteiger partial charge in [-0.05, 0) is 62.9 Å². The van der Waals surface area contributed by atoms with E-state index in [1.165, 1.54) is 37.7 Å². The van der Waals surface area contributed by atoms with Crippen molar-refractivity contribution in [2.24, 2.45) is 11.8 Å². The minimum atomic E-state index is 0.467. The molecule has 0 bridgehead atoms. The van der Waals surface area contributed by atoms with Crippen molar-refractivity contribution in [1.82, 2.24) is 4.90 Å². The van der Waals surface area contributed by atoms with Crippen LogP contribution < -0.4 is 0 Å². The largest absolute Gasteiger partial charge is 0.379 e. The van der Waals surface area contributed by atoms with Crippen LogP contribution in [0.15, 0.2) is 23.3 Å². The van der Waals surface area contributed by atoms with Crippen molar-refractivity contribution >= 4 is 0 Å². The van der Waals surface area contributed by atoms with Crippen LogP contribution in [0.3, 0.4) is 0 Å². The molecular formula is C23H41NO2. The average molecular weight is 364 g/mol. The number of ether oxygens (including phenoxy) is 2. The molecule has 1 atom stereocenters. The predicted molar refractivity (Wildman–Crippen MR) is 111 cm³/mol. The van der Waals surface area contributed by atoms with E-state index < -0.39 is 0 Å². The molecule has 2 aliphatic rings. The molecule has 1 saturated heterocycles.